The van der Waals surface area contributed by atoms with Gasteiger partial charge in [-0.25, -0.2) is 8.42 Å². The number of carbonyl (C=O) groups is 2. The highest BCUT2D eigenvalue weighted by atomic mass is 32.2. The minimum atomic E-state index is -3.56. The molecule has 0 N–H and O–H groups in total. The molecule has 0 fully saturated rings. The Bertz CT molecular complexity index is 972. The number of amides is 2. The lowest BCUT2D eigenvalue weighted by molar-refractivity contribution is 0.0652. The third-order valence-corrected chi connectivity index (χ3v) is 6.53. The molecule has 140 valence electrons. The van der Waals surface area contributed by atoms with E-state index in [1.165, 1.54) is 4.90 Å². The Morgan fingerprint density at radius 1 is 0.926 bits per heavy atom. The summed E-state index contributed by atoms with van der Waals surface area (Å²) in [6.45, 7) is 5.88. The number of hydrogen-bond acceptors (Lipinski definition) is 4. The molecular formula is C21H21NO4S. The Balaban J connectivity index is 1.55. The van der Waals surface area contributed by atoms with Crippen molar-refractivity contribution in [2.45, 2.75) is 31.1 Å². The number of benzene rings is 2. The Hall–Kier alpha value is -2.73. The normalized spacial score (nSPS) is 13.7. The number of hydrogen-bond donors (Lipinski definition) is 0. The van der Waals surface area contributed by atoms with Crippen molar-refractivity contribution >= 4 is 21.7 Å². The average Bonchev–Trinajstić information content (AvgIpc) is 2.90. The summed E-state index contributed by atoms with van der Waals surface area (Å²) >= 11 is 0. The summed E-state index contributed by atoms with van der Waals surface area (Å²) in [7, 11) is -3.56. The zero-order valence-corrected chi connectivity index (χ0v) is 16.0. The maximum atomic E-state index is 12.5. The average molecular weight is 383 g/mol. The van der Waals surface area contributed by atoms with Crippen molar-refractivity contribution in [1.29, 1.82) is 0 Å². The second-order valence-corrected chi connectivity index (χ2v) is 8.68. The van der Waals surface area contributed by atoms with Crippen LogP contribution in [0.25, 0.3) is 0 Å². The zero-order valence-electron chi connectivity index (χ0n) is 15.1. The first-order valence-electron chi connectivity index (χ1n) is 8.77. The van der Waals surface area contributed by atoms with Crippen molar-refractivity contribution in [1.82, 2.24) is 4.90 Å². The van der Waals surface area contributed by atoms with Crippen LogP contribution >= 0.6 is 0 Å². The molecule has 5 nitrogen and oxygen atoms in total. The lowest BCUT2D eigenvalue weighted by Crippen LogP contribution is -2.30. The highest BCUT2D eigenvalue weighted by molar-refractivity contribution is 7.95. The van der Waals surface area contributed by atoms with Gasteiger partial charge < -0.3 is 0 Å². The van der Waals surface area contributed by atoms with E-state index in [-0.39, 0.29) is 28.2 Å². The van der Waals surface area contributed by atoms with Gasteiger partial charge in [0.15, 0.2) is 0 Å². The predicted molar refractivity (Wildman–Crippen MR) is 103 cm³/mol. The van der Waals surface area contributed by atoms with E-state index >= 15 is 0 Å². The SMILES string of the molecule is C=C(CCCCN1C(=O)c2ccccc2C1=O)S(=O)(=O)c1ccc(C)cc1. The second-order valence-electron chi connectivity index (χ2n) is 6.62. The number of allylic oxidation sites excluding steroid dienone is 1. The third kappa shape index (κ3) is 3.71. The summed E-state index contributed by atoms with van der Waals surface area (Å²) < 4.78 is 25.1. The number of fused-ring (bicyclic) bond motifs is 1. The quantitative estimate of drug-likeness (QED) is 0.539. The standard InChI is InChI=1S/C21H21NO4S/c1-15-10-12-17(13-11-15)27(25,26)16(2)7-5-6-14-22-20(23)18-8-3-4-9-19(18)21(22)24/h3-4,8-13H,2,5-7,14H2,1H3. The molecule has 0 bridgehead atoms. The van der Waals surface area contributed by atoms with Gasteiger partial charge in [0.2, 0.25) is 9.84 Å². The Morgan fingerprint density at radius 2 is 1.48 bits per heavy atom. The van der Waals surface area contributed by atoms with Crippen molar-refractivity contribution in [3.8, 4) is 0 Å². The molecule has 2 aromatic rings. The van der Waals surface area contributed by atoms with Crippen molar-refractivity contribution < 1.29 is 18.0 Å². The Morgan fingerprint density at radius 3 is 2.04 bits per heavy atom. The van der Waals surface area contributed by atoms with E-state index in [2.05, 4.69) is 6.58 Å². The van der Waals surface area contributed by atoms with Crippen molar-refractivity contribution in [3.63, 3.8) is 0 Å². The molecule has 0 saturated carbocycles. The summed E-state index contributed by atoms with van der Waals surface area (Å²) in [4.78, 5) is 26.2. The van der Waals surface area contributed by atoms with Gasteiger partial charge in [-0.1, -0.05) is 36.4 Å². The molecule has 27 heavy (non-hydrogen) atoms. The van der Waals surface area contributed by atoms with Gasteiger partial charge in [-0.15, -0.1) is 0 Å². The Labute approximate surface area is 159 Å². The monoisotopic (exact) mass is 383 g/mol. The molecule has 0 saturated heterocycles. The van der Waals surface area contributed by atoms with Crippen LogP contribution in [0, 0.1) is 6.92 Å². The van der Waals surface area contributed by atoms with Gasteiger partial charge >= 0.3 is 0 Å². The molecule has 0 unspecified atom stereocenters. The van der Waals surface area contributed by atoms with Gasteiger partial charge in [-0.3, -0.25) is 14.5 Å². The molecule has 1 aliphatic heterocycles. The van der Waals surface area contributed by atoms with E-state index in [0.717, 1.165) is 5.56 Å². The first-order valence-corrected chi connectivity index (χ1v) is 10.3. The van der Waals surface area contributed by atoms with Gasteiger partial charge in [-0.05, 0) is 50.5 Å². The molecule has 6 heteroatoms. The van der Waals surface area contributed by atoms with Gasteiger partial charge in [0.1, 0.15) is 0 Å². The number of carbonyl (C=O) groups excluding carboxylic acids is 2. The summed E-state index contributed by atoms with van der Waals surface area (Å²) in [6.07, 6.45) is 1.34. The fourth-order valence-corrected chi connectivity index (χ4v) is 4.29. The van der Waals surface area contributed by atoms with Crippen LogP contribution in [0.1, 0.15) is 45.5 Å². The summed E-state index contributed by atoms with van der Waals surface area (Å²) in [6, 6.07) is 13.4. The lowest BCUT2D eigenvalue weighted by Gasteiger charge is -2.14. The topological polar surface area (TPSA) is 71.5 Å². The highest BCUT2D eigenvalue weighted by Gasteiger charge is 2.34. The molecule has 0 aliphatic carbocycles. The van der Waals surface area contributed by atoms with Gasteiger partial charge in [0.25, 0.3) is 11.8 Å². The summed E-state index contributed by atoms with van der Waals surface area (Å²) in [5, 5.41) is 0. The Kier molecular flexibility index (Phi) is 5.28. The maximum Gasteiger partial charge on any atom is 0.261 e. The number of sulfone groups is 1. The molecule has 0 aromatic heterocycles. The van der Waals surface area contributed by atoms with Crippen LogP contribution in [0.5, 0.6) is 0 Å². The third-order valence-electron chi connectivity index (χ3n) is 4.68. The van der Waals surface area contributed by atoms with E-state index in [4.69, 9.17) is 0 Å². The largest absolute Gasteiger partial charge is 0.274 e. The van der Waals surface area contributed by atoms with E-state index in [1.807, 2.05) is 6.92 Å². The first-order chi connectivity index (χ1) is 12.8. The van der Waals surface area contributed by atoms with E-state index in [9.17, 15) is 18.0 Å². The van der Waals surface area contributed by atoms with Crippen molar-refractivity contribution in [2.75, 3.05) is 6.54 Å². The predicted octanol–water partition coefficient (Wildman–Crippen LogP) is 3.75. The molecule has 0 atom stereocenters. The maximum absolute atomic E-state index is 12.5. The second kappa shape index (κ2) is 7.48. The van der Waals surface area contributed by atoms with E-state index in [1.54, 1.807) is 48.5 Å². The molecule has 1 aliphatic rings. The van der Waals surface area contributed by atoms with Crippen LogP contribution < -0.4 is 0 Å². The lowest BCUT2D eigenvalue weighted by atomic mass is 10.1. The minimum Gasteiger partial charge on any atom is -0.274 e. The summed E-state index contributed by atoms with van der Waals surface area (Å²) in [5.74, 6) is -0.580. The van der Waals surface area contributed by atoms with E-state index < -0.39 is 9.84 Å². The van der Waals surface area contributed by atoms with Crippen LogP contribution in [0.2, 0.25) is 0 Å². The zero-order chi connectivity index (χ0) is 19.6. The fraction of sp³-hybridized carbons (Fsp3) is 0.238. The molecule has 0 spiro atoms. The van der Waals surface area contributed by atoms with Gasteiger partial charge in [0, 0.05) is 11.4 Å². The molecule has 2 amide bonds. The van der Waals surface area contributed by atoms with Crippen LogP contribution in [0.3, 0.4) is 0 Å². The van der Waals surface area contributed by atoms with Crippen LogP contribution in [0.4, 0.5) is 0 Å². The fourth-order valence-electron chi connectivity index (χ4n) is 3.05. The smallest absolute Gasteiger partial charge is 0.261 e. The van der Waals surface area contributed by atoms with Gasteiger partial charge in [-0.2, -0.15) is 0 Å². The highest BCUT2D eigenvalue weighted by Crippen LogP contribution is 2.25. The molecular weight excluding hydrogens is 362 g/mol. The van der Waals surface area contributed by atoms with Crippen molar-refractivity contribution in [2.24, 2.45) is 0 Å². The number of unbranched alkanes of at least 4 members (excludes halogenated alkanes) is 1. The number of imide groups is 1. The van der Waals surface area contributed by atoms with Gasteiger partial charge in [0.05, 0.1) is 16.0 Å². The van der Waals surface area contributed by atoms with Crippen LogP contribution in [-0.4, -0.2) is 31.7 Å². The number of rotatable bonds is 7. The van der Waals surface area contributed by atoms with Crippen LogP contribution in [0.15, 0.2) is 64.9 Å². The van der Waals surface area contributed by atoms with Crippen molar-refractivity contribution in [3.05, 3.63) is 76.7 Å². The van der Waals surface area contributed by atoms with Crippen LogP contribution in [-0.2, 0) is 9.84 Å². The number of aryl methyl sites for hydroxylation is 1. The molecule has 0 radical (unpaired) electrons. The molecule has 2 aromatic carbocycles. The molecule has 1 heterocycles. The minimum absolute atomic E-state index is 0.147. The number of nitrogens with zero attached hydrogens (tertiary/aromatic N) is 1. The summed E-state index contributed by atoms with van der Waals surface area (Å²) in [5.41, 5.74) is 1.84. The first kappa shape index (κ1) is 19.0. The molecule has 3 rings (SSSR count). The van der Waals surface area contributed by atoms with E-state index in [0.29, 0.717) is 30.4 Å².